The van der Waals surface area contributed by atoms with Crippen LogP contribution in [0.5, 0.6) is 0 Å². The lowest BCUT2D eigenvalue weighted by molar-refractivity contribution is 0.361. The molecule has 2 rings (SSSR count). The van der Waals surface area contributed by atoms with Crippen molar-refractivity contribution in [2.24, 2.45) is 0 Å². The quantitative estimate of drug-likeness (QED) is 0.765. The van der Waals surface area contributed by atoms with E-state index in [1.165, 1.54) is 4.31 Å². The van der Waals surface area contributed by atoms with Crippen molar-refractivity contribution < 1.29 is 12.9 Å². The summed E-state index contributed by atoms with van der Waals surface area (Å²) >= 11 is 0. The van der Waals surface area contributed by atoms with Crippen LogP contribution in [0.2, 0.25) is 0 Å². The molecule has 128 valence electrons. The molecule has 0 aliphatic rings. The van der Waals surface area contributed by atoms with Crippen molar-refractivity contribution in [3.05, 3.63) is 23.5 Å². The third kappa shape index (κ3) is 4.10. The molecule has 23 heavy (non-hydrogen) atoms. The van der Waals surface area contributed by atoms with E-state index in [-0.39, 0.29) is 12.5 Å². The van der Waals surface area contributed by atoms with E-state index in [2.05, 4.69) is 15.2 Å². The first-order chi connectivity index (χ1) is 10.7. The van der Waals surface area contributed by atoms with Gasteiger partial charge in [0.1, 0.15) is 0 Å². The molecule has 0 aromatic carbocycles. The minimum absolute atomic E-state index is 0.00235. The van der Waals surface area contributed by atoms with Crippen LogP contribution in [0.15, 0.2) is 10.6 Å². The zero-order valence-corrected chi connectivity index (χ0v) is 15.0. The number of rotatable bonds is 7. The molecule has 0 spiro atoms. The van der Waals surface area contributed by atoms with E-state index in [9.17, 15) is 8.42 Å². The third-order valence-corrected chi connectivity index (χ3v) is 4.44. The van der Waals surface area contributed by atoms with E-state index >= 15 is 0 Å². The molecule has 9 heteroatoms. The Bertz CT molecular complexity index is 763. The summed E-state index contributed by atoms with van der Waals surface area (Å²) in [4.78, 5) is 4.24. The van der Waals surface area contributed by atoms with Gasteiger partial charge in [0.15, 0.2) is 11.6 Å². The van der Waals surface area contributed by atoms with Crippen molar-refractivity contribution in [1.29, 1.82) is 0 Å². The number of aromatic nitrogens is 4. The average molecular weight is 341 g/mol. The van der Waals surface area contributed by atoms with Crippen LogP contribution in [0.3, 0.4) is 0 Å². The molecule has 0 saturated carbocycles. The summed E-state index contributed by atoms with van der Waals surface area (Å²) in [6, 6.07) is 1.75. The zero-order valence-electron chi connectivity index (χ0n) is 14.1. The molecule has 2 aromatic rings. The van der Waals surface area contributed by atoms with Crippen molar-refractivity contribution in [3.8, 4) is 0 Å². The lowest BCUT2D eigenvalue weighted by atomic mass is 10.2. The number of nitrogens with zero attached hydrogens (tertiary/aromatic N) is 5. The number of sulfonamides is 1. The molecule has 0 fully saturated rings. The summed E-state index contributed by atoms with van der Waals surface area (Å²) in [6.07, 6.45) is 2.06. The Balaban J connectivity index is 2.32. The van der Waals surface area contributed by atoms with Crippen LogP contribution in [0, 0.1) is 6.92 Å². The number of aryl methyl sites for hydroxylation is 2. The van der Waals surface area contributed by atoms with Gasteiger partial charge < -0.3 is 4.52 Å². The Morgan fingerprint density at radius 2 is 2.09 bits per heavy atom. The largest absolute Gasteiger partial charge is 0.339 e. The average Bonchev–Trinajstić information content (AvgIpc) is 3.03. The van der Waals surface area contributed by atoms with Gasteiger partial charge in [-0.05, 0) is 13.3 Å². The summed E-state index contributed by atoms with van der Waals surface area (Å²) < 4.78 is 32.4. The van der Waals surface area contributed by atoms with E-state index in [1.807, 2.05) is 27.7 Å². The summed E-state index contributed by atoms with van der Waals surface area (Å²) in [5.74, 6) is 1.27. The number of anilines is 1. The van der Waals surface area contributed by atoms with Crippen LogP contribution in [-0.4, -0.2) is 34.6 Å². The predicted molar refractivity (Wildman–Crippen MR) is 86.7 cm³/mol. The molecule has 0 bridgehead atoms. The lowest BCUT2D eigenvalue weighted by Crippen LogP contribution is -2.30. The van der Waals surface area contributed by atoms with E-state index in [0.717, 1.165) is 24.9 Å². The minimum atomic E-state index is -3.51. The standard InChI is InChI=1S/C14H23N5O3S/c1-6-7-18-11(4)8-13(16-18)19(23(5,20)21)9-12-15-14(10(2)3)22-17-12/h8,10H,6-7,9H2,1-5H3. The van der Waals surface area contributed by atoms with Crippen molar-refractivity contribution >= 4 is 15.8 Å². The van der Waals surface area contributed by atoms with Crippen molar-refractivity contribution in [3.63, 3.8) is 0 Å². The van der Waals surface area contributed by atoms with E-state index in [0.29, 0.717) is 17.5 Å². The first kappa shape index (κ1) is 17.5. The summed E-state index contributed by atoms with van der Waals surface area (Å²) in [7, 11) is -3.51. The highest BCUT2D eigenvalue weighted by atomic mass is 32.2. The summed E-state index contributed by atoms with van der Waals surface area (Å²) in [6.45, 7) is 8.54. The molecule has 0 N–H and O–H groups in total. The summed E-state index contributed by atoms with van der Waals surface area (Å²) in [5.41, 5.74) is 0.909. The molecule has 0 saturated heterocycles. The maximum atomic E-state index is 12.1. The Morgan fingerprint density at radius 1 is 1.39 bits per heavy atom. The minimum Gasteiger partial charge on any atom is -0.339 e. The van der Waals surface area contributed by atoms with Gasteiger partial charge in [-0.3, -0.25) is 4.68 Å². The topological polar surface area (TPSA) is 94.1 Å². The molecule has 0 amide bonds. The second-order valence-electron chi connectivity index (χ2n) is 5.84. The maximum absolute atomic E-state index is 12.1. The van der Waals surface area contributed by atoms with Crippen molar-refractivity contribution in [2.75, 3.05) is 10.6 Å². The van der Waals surface area contributed by atoms with Gasteiger partial charge in [-0.15, -0.1) is 0 Å². The van der Waals surface area contributed by atoms with Gasteiger partial charge >= 0.3 is 0 Å². The van der Waals surface area contributed by atoms with E-state index < -0.39 is 10.0 Å². The molecule has 2 aromatic heterocycles. The van der Waals surface area contributed by atoms with Gasteiger partial charge in [0.25, 0.3) is 0 Å². The predicted octanol–water partition coefficient (Wildman–Crippen LogP) is 2.07. The lowest BCUT2D eigenvalue weighted by Gasteiger charge is -2.17. The normalized spacial score (nSPS) is 12.1. The second-order valence-corrected chi connectivity index (χ2v) is 7.75. The van der Waals surface area contributed by atoms with Gasteiger partial charge in [-0.25, -0.2) is 12.7 Å². The highest BCUT2D eigenvalue weighted by Gasteiger charge is 2.24. The highest BCUT2D eigenvalue weighted by molar-refractivity contribution is 7.92. The molecule has 8 nitrogen and oxygen atoms in total. The SMILES string of the molecule is CCCn1nc(N(Cc2noc(C(C)C)n2)S(C)(=O)=O)cc1C. The third-order valence-electron chi connectivity index (χ3n) is 3.32. The Morgan fingerprint density at radius 3 is 2.61 bits per heavy atom. The fourth-order valence-electron chi connectivity index (χ4n) is 2.12. The number of hydrogen-bond acceptors (Lipinski definition) is 6. The molecule has 0 atom stereocenters. The zero-order chi connectivity index (χ0) is 17.2. The molecule has 0 aliphatic heterocycles. The van der Waals surface area contributed by atoms with Gasteiger partial charge in [0.05, 0.1) is 12.8 Å². The van der Waals surface area contributed by atoms with Gasteiger partial charge in [-0.2, -0.15) is 10.1 Å². The molecular weight excluding hydrogens is 318 g/mol. The molecular formula is C14H23N5O3S. The van der Waals surface area contributed by atoms with Crippen LogP contribution in [0.25, 0.3) is 0 Å². The monoisotopic (exact) mass is 341 g/mol. The Hall–Kier alpha value is -1.90. The second kappa shape index (κ2) is 6.69. The Kier molecular flexibility index (Phi) is 5.08. The fourth-order valence-corrected chi connectivity index (χ4v) is 2.89. The summed E-state index contributed by atoms with van der Waals surface area (Å²) in [5, 5.41) is 8.24. The van der Waals surface area contributed by atoms with Gasteiger partial charge in [-0.1, -0.05) is 25.9 Å². The van der Waals surface area contributed by atoms with Crippen LogP contribution in [-0.2, 0) is 23.1 Å². The van der Waals surface area contributed by atoms with Crippen molar-refractivity contribution in [2.45, 2.75) is 53.1 Å². The van der Waals surface area contributed by atoms with E-state index in [1.54, 1.807) is 10.7 Å². The molecule has 0 unspecified atom stereocenters. The first-order valence-electron chi connectivity index (χ1n) is 7.57. The molecule has 2 heterocycles. The van der Waals surface area contributed by atoms with Crippen LogP contribution >= 0.6 is 0 Å². The number of hydrogen-bond donors (Lipinski definition) is 0. The smallest absolute Gasteiger partial charge is 0.233 e. The molecule has 0 aliphatic carbocycles. The van der Waals surface area contributed by atoms with E-state index in [4.69, 9.17) is 4.52 Å². The van der Waals surface area contributed by atoms with Gasteiger partial charge in [0, 0.05) is 24.2 Å². The van der Waals surface area contributed by atoms with Gasteiger partial charge in [0.2, 0.25) is 15.9 Å². The van der Waals surface area contributed by atoms with Crippen LogP contribution < -0.4 is 4.31 Å². The van der Waals surface area contributed by atoms with Crippen molar-refractivity contribution in [1.82, 2.24) is 19.9 Å². The van der Waals surface area contributed by atoms with Crippen LogP contribution in [0.4, 0.5) is 5.82 Å². The first-order valence-corrected chi connectivity index (χ1v) is 9.41. The highest BCUT2D eigenvalue weighted by Crippen LogP contribution is 2.20. The maximum Gasteiger partial charge on any atom is 0.233 e. The fraction of sp³-hybridized carbons (Fsp3) is 0.643. The van der Waals surface area contributed by atoms with Crippen LogP contribution in [0.1, 0.15) is 50.5 Å². The molecule has 0 radical (unpaired) electrons. The Labute approximate surface area is 136 Å².